The Bertz CT molecular complexity index is 794. The van der Waals surface area contributed by atoms with Crippen molar-refractivity contribution in [3.8, 4) is 29.0 Å². The van der Waals surface area contributed by atoms with Crippen molar-refractivity contribution >= 4 is 5.82 Å². The molecular weight excluding hydrogens is 244 g/mol. The smallest absolute Gasteiger partial charge is 0.268 e. The molecule has 1 aromatic carbocycles. The van der Waals surface area contributed by atoms with Crippen LogP contribution in [0.2, 0.25) is 0 Å². The zero-order chi connectivity index (χ0) is 14.0. The second-order valence-electron chi connectivity index (χ2n) is 3.77. The summed E-state index contributed by atoms with van der Waals surface area (Å²) in [5.41, 5.74) is 5.21. The van der Waals surface area contributed by atoms with Gasteiger partial charge >= 0.3 is 0 Å². The molecule has 0 radical (unpaired) electrons. The van der Waals surface area contributed by atoms with Crippen molar-refractivity contribution in [2.75, 3.05) is 5.73 Å². The fraction of sp³-hybridized carbons (Fsp3) is 0. The summed E-state index contributed by atoms with van der Waals surface area (Å²) in [5.74, 6) is -0.144. The molecule has 0 saturated carbocycles. The number of nitrogens with one attached hydrogen (secondary N) is 1. The molecule has 6 heteroatoms. The van der Waals surface area contributed by atoms with E-state index in [9.17, 15) is 9.90 Å². The van der Waals surface area contributed by atoms with E-state index in [1.54, 1.807) is 18.2 Å². The molecule has 92 valence electrons. The van der Waals surface area contributed by atoms with E-state index in [1.165, 1.54) is 12.1 Å². The molecular formula is C13H8N4O2. The standard InChI is InChI=1S/C13H8N4O2/c14-5-9-11(7-2-1-3-8(18)4-7)10(6-15)13(19)17-12(9)16/h1-4,18H,(H3,16,17,19). The highest BCUT2D eigenvalue weighted by molar-refractivity contribution is 5.80. The third-order valence-corrected chi connectivity index (χ3v) is 2.60. The second kappa shape index (κ2) is 4.55. The van der Waals surface area contributed by atoms with E-state index in [-0.39, 0.29) is 28.3 Å². The van der Waals surface area contributed by atoms with Crippen LogP contribution in [0.4, 0.5) is 5.82 Å². The number of hydrogen-bond donors (Lipinski definition) is 3. The van der Waals surface area contributed by atoms with Crippen molar-refractivity contribution in [3.63, 3.8) is 0 Å². The molecule has 1 aromatic heterocycles. The van der Waals surface area contributed by atoms with Crippen molar-refractivity contribution in [1.29, 1.82) is 10.5 Å². The van der Waals surface area contributed by atoms with E-state index in [0.717, 1.165) is 0 Å². The molecule has 0 unspecified atom stereocenters. The zero-order valence-corrected chi connectivity index (χ0v) is 9.64. The number of aromatic hydroxyl groups is 1. The van der Waals surface area contributed by atoms with Gasteiger partial charge in [-0.3, -0.25) is 4.79 Å². The van der Waals surface area contributed by atoms with Gasteiger partial charge in [0.15, 0.2) is 0 Å². The molecule has 0 spiro atoms. The lowest BCUT2D eigenvalue weighted by molar-refractivity contribution is 0.475. The van der Waals surface area contributed by atoms with Crippen molar-refractivity contribution in [2.45, 2.75) is 0 Å². The first-order chi connectivity index (χ1) is 9.08. The summed E-state index contributed by atoms with van der Waals surface area (Å²) in [7, 11) is 0. The van der Waals surface area contributed by atoms with E-state index in [2.05, 4.69) is 4.98 Å². The number of nitrogens with zero attached hydrogens (tertiary/aromatic N) is 2. The van der Waals surface area contributed by atoms with Crippen molar-refractivity contribution < 1.29 is 5.11 Å². The summed E-state index contributed by atoms with van der Waals surface area (Å²) < 4.78 is 0. The molecule has 19 heavy (non-hydrogen) atoms. The molecule has 0 aliphatic carbocycles. The first-order valence-corrected chi connectivity index (χ1v) is 5.23. The highest BCUT2D eigenvalue weighted by Gasteiger charge is 2.18. The number of hydrogen-bond acceptors (Lipinski definition) is 5. The van der Waals surface area contributed by atoms with Gasteiger partial charge in [0.05, 0.1) is 0 Å². The van der Waals surface area contributed by atoms with E-state index < -0.39 is 5.56 Å². The molecule has 0 bridgehead atoms. The normalized spacial score (nSPS) is 9.58. The first kappa shape index (κ1) is 12.2. The summed E-state index contributed by atoms with van der Waals surface area (Å²) in [5, 5.41) is 27.6. The van der Waals surface area contributed by atoms with Gasteiger partial charge in [-0.2, -0.15) is 10.5 Å². The number of anilines is 1. The molecule has 0 amide bonds. The van der Waals surface area contributed by atoms with Crippen LogP contribution >= 0.6 is 0 Å². The maximum atomic E-state index is 11.7. The van der Waals surface area contributed by atoms with Crippen LogP contribution < -0.4 is 11.3 Å². The van der Waals surface area contributed by atoms with E-state index >= 15 is 0 Å². The Kier molecular flexibility index (Phi) is 2.93. The minimum Gasteiger partial charge on any atom is -0.508 e. The average Bonchev–Trinajstić information content (AvgIpc) is 2.38. The number of pyridine rings is 1. The number of nitriles is 2. The van der Waals surface area contributed by atoms with E-state index in [1.807, 2.05) is 6.07 Å². The molecule has 2 rings (SSSR count). The van der Waals surface area contributed by atoms with Gasteiger partial charge in [-0.25, -0.2) is 0 Å². The van der Waals surface area contributed by atoms with Crippen molar-refractivity contribution in [3.05, 3.63) is 45.7 Å². The summed E-state index contributed by atoms with van der Waals surface area (Å²) in [6, 6.07) is 9.53. The van der Waals surface area contributed by atoms with Gasteiger partial charge in [0.1, 0.15) is 34.8 Å². The third-order valence-electron chi connectivity index (χ3n) is 2.60. The SMILES string of the molecule is N#Cc1c(N)[nH]c(=O)c(C#N)c1-c1cccc(O)c1. The lowest BCUT2D eigenvalue weighted by atomic mass is 9.96. The Morgan fingerprint density at radius 2 is 1.89 bits per heavy atom. The number of aromatic nitrogens is 1. The summed E-state index contributed by atoms with van der Waals surface area (Å²) >= 11 is 0. The third kappa shape index (κ3) is 1.99. The molecule has 0 fully saturated rings. The van der Waals surface area contributed by atoms with Gasteiger partial charge in [0.2, 0.25) is 0 Å². The maximum absolute atomic E-state index is 11.7. The Morgan fingerprint density at radius 1 is 1.21 bits per heavy atom. The molecule has 0 aliphatic rings. The van der Waals surface area contributed by atoms with Crippen LogP contribution in [0.25, 0.3) is 11.1 Å². The largest absolute Gasteiger partial charge is 0.508 e. The number of rotatable bonds is 1. The number of aromatic amines is 1. The fourth-order valence-electron chi connectivity index (χ4n) is 1.79. The van der Waals surface area contributed by atoms with Gasteiger partial charge in [-0.15, -0.1) is 0 Å². The van der Waals surface area contributed by atoms with Crippen molar-refractivity contribution in [2.24, 2.45) is 0 Å². The summed E-state index contributed by atoms with van der Waals surface area (Å²) in [6.45, 7) is 0. The predicted octanol–water partition coefficient (Wildman–Crippen LogP) is 1.07. The highest BCUT2D eigenvalue weighted by Crippen LogP contribution is 2.29. The van der Waals surface area contributed by atoms with E-state index in [4.69, 9.17) is 16.3 Å². The Balaban J connectivity index is 2.94. The predicted molar refractivity (Wildman–Crippen MR) is 68.0 cm³/mol. The van der Waals surface area contributed by atoms with Crippen LogP contribution in [-0.4, -0.2) is 10.1 Å². The van der Waals surface area contributed by atoms with Gasteiger partial charge in [-0.1, -0.05) is 12.1 Å². The molecule has 0 saturated heterocycles. The number of phenolic OH excluding ortho intramolecular Hbond substituents is 1. The van der Waals surface area contributed by atoms with Crippen LogP contribution in [-0.2, 0) is 0 Å². The number of nitrogens with two attached hydrogens (primary N) is 1. The molecule has 0 aliphatic heterocycles. The number of nitrogen functional groups attached to an aromatic ring is 1. The Hall–Kier alpha value is -3.25. The van der Waals surface area contributed by atoms with Crippen molar-refractivity contribution in [1.82, 2.24) is 4.98 Å². The lowest BCUT2D eigenvalue weighted by Gasteiger charge is -2.08. The van der Waals surface area contributed by atoms with E-state index in [0.29, 0.717) is 5.56 Å². The molecule has 6 nitrogen and oxygen atoms in total. The number of benzene rings is 1. The lowest BCUT2D eigenvalue weighted by Crippen LogP contribution is -2.16. The molecule has 2 aromatic rings. The van der Waals surface area contributed by atoms with Crippen LogP contribution in [0.15, 0.2) is 29.1 Å². The summed E-state index contributed by atoms with van der Waals surface area (Å²) in [4.78, 5) is 13.9. The first-order valence-electron chi connectivity index (χ1n) is 5.23. The van der Waals surface area contributed by atoms with Gasteiger partial charge in [-0.05, 0) is 17.7 Å². The average molecular weight is 252 g/mol. The summed E-state index contributed by atoms with van der Waals surface area (Å²) in [6.07, 6.45) is 0. The maximum Gasteiger partial charge on any atom is 0.268 e. The van der Waals surface area contributed by atoms with Crippen LogP contribution in [0.3, 0.4) is 0 Å². The minimum atomic E-state index is -0.669. The number of phenols is 1. The quantitative estimate of drug-likeness (QED) is 0.699. The molecule has 4 N–H and O–H groups in total. The van der Waals surface area contributed by atoms with Crippen LogP contribution in [0, 0.1) is 22.7 Å². The number of H-pyrrole nitrogens is 1. The molecule has 0 atom stereocenters. The topological polar surface area (TPSA) is 127 Å². The van der Waals surface area contributed by atoms with Gasteiger partial charge in [0.25, 0.3) is 5.56 Å². The highest BCUT2D eigenvalue weighted by atomic mass is 16.3. The Morgan fingerprint density at radius 3 is 2.47 bits per heavy atom. The van der Waals surface area contributed by atoms with Crippen LogP contribution in [0.1, 0.15) is 11.1 Å². The second-order valence-corrected chi connectivity index (χ2v) is 3.77. The minimum absolute atomic E-state index is 0.00162. The monoisotopic (exact) mass is 252 g/mol. The fourth-order valence-corrected chi connectivity index (χ4v) is 1.79. The Labute approximate surface area is 108 Å². The molecule has 1 heterocycles. The van der Waals surface area contributed by atoms with Gasteiger partial charge in [0, 0.05) is 5.56 Å². The van der Waals surface area contributed by atoms with Crippen LogP contribution in [0.5, 0.6) is 5.75 Å². The van der Waals surface area contributed by atoms with Gasteiger partial charge < -0.3 is 15.8 Å². The zero-order valence-electron chi connectivity index (χ0n) is 9.64.